The van der Waals surface area contributed by atoms with Gasteiger partial charge in [0.1, 0.15) is 5.75 Å². The van der Waals surface area contributed by atoms with Crippen molar-refractivity contribution >= 4 is 28.7 Å². The second-order valence-electron chi connectivity index (χ2n) is 6.59. The van der Waals surface area contributed by atoms with E-state index >= 15 is 0 Å². The molecular weight excluding hydrogens is 390 g/mol. The number of amides is 1. The fraction of sp³-hybridized carbons (Fsp3) is 0.143. The molecule has 0 spiro atoms. The van der Waals surface area contributed by atoms with Crippen LogP contribution in [0.3, 0.4) is 0 Å². The fourth-order valence-electron chi connectivity index (χ4n) is 3.47. The van der Waals surface area contributed by atoms with Crippen molar-refractivity contribution < 1.29 is 19.8 Å². The van der Waals surface area contributed by atoms with E-state index in [0.29, 0.717) is 21.1 Å². The highest BCUT2D eigenvalue weighted by atomic mass is 32.1. The van der Waals surface area contributed by atoms with Crippen LogP contribution in [0.2, 0.25) is 0 Å². The van der Waals surface area contributed by atoms with E-state index in [1.54, 1.807) is 50.4 Å². The van der Waals surface area contributed by atoms with Crippen molar-refractivity contribution in [1.82, 2.24) is 9.97 Å². The third-order valence-corrected chi connectivity index (χ3v) is 5.78. The van der Waals surface area contributed by atoms with E-state index in [9.17, 15) is 19.8 Å². The number of phenolic OH excluding ortho intramolecular Hbond substituents is 1. The first kappa shape index (κ1) is 18.8. The van der Waals surface area contributed by atoms with Gasteiger partial charge in [-0.25, -0.2) is 4.98 Å². The zero-order valence-electron chi connectivity index (χ0n) is 15.7. The third kappa shape index (κ3) is 3.07. The number of phenols is 1. The maximum atomic E-state index is 13.4. The smallest absolute Gasteiger partial charge is 0.294 e. The van der Waals surface area contributed by atoms with E-state index in [-0.39, 0.29) is 17.0 Å². The van der Waals surface area contributed by atoms with Crippen molar-refractivity contribution in [3.8, 4) is 5.75 Å². The van der Waals surface area contributed by atoms with Gasteiger partial charge in [-0.2, -0.15) is 0 Å². The number of aliphatic hydroxyl groups is 1. The van der Waals surface area contributed by atoms with Crippen LogP contribution in [0.25, 0.3) is 0 Å². The Kier molecular flexibility index (Phi) is 4.63. The number of ketones is 1. The quantitative estimate of drug-likeness (QED) is 0.640. The van der Waals surface area contributed by atoms with E-state index < -0.39 is 23.5 Å². The zero-order chi connectivity index (χ0) is 20.7. The number of hydrogen-bond donors (Lipinski definition) is 2. The number of carbonyl (C=O) groups excluding carboxylic acids is 2. The molecule has 0 saturated heterocycles. The number of aromatic hydroxyl groups is 1. The summed E-state index contributed by atoms with van der Waals surface area (Å²) in [7, 11) is 0. The molecule has 1 aromatic carbocycles. The highest BCUT2D eigenvalue weighted by molar-refractivity contribution is 7.14. The molecule has 4 rings (SSSR count). The molecule has 1 atom stereocenters. The maximum Gasteiger partial charge on any atom is 0.294 e. The van der Waals surface area contributed by atoms with Gasteiger partial charge in [-0.15, -0.1) is 11.3 Å². The maximum absolute atomic E-state index is 13.4. The monoisotopic (exact) mass is 407 g/mol. The number of para-hydroxylation sites is 2. The third-order valence-electron chi connectivity index (χ3n) is 4.70. The molecule has 0 fully saturated rings. The lowest BCUT2D eigenvalue weighted by molar-refractivity contribution is -0.117. The lowest BCUT2D eigenvalue weighted by Crippen LogP contribution is -2.31. The van der Waals surface area contributed by atoms with Gasteiger partial charge in [0.25, 0.3) is 5.91 Å². The molecule has 0 aliphatic carbocycles. The number of aromatic nitrogens is 2. The van der Waals surface area contributed by atoms with Crippen LogP contribution in [0.4, 0.5) is 5.69 Å². The second-order valence-corrected chi connectivity index (χ2v) is 7.79. The van der Waals surface area contributed by atoms with Crippen molar-refractivity contribution in [3.05, 3.63) is 81.3 Å². The Bertz CT molecular complexity index is 1150. The van der Waals surface area contributed by atoms with Gasteiger partial charge in [0.05, 0.1) is 32.9 Å². The van der Waals surface area contributed by atoms with Gasteiger partial charge in [0.15, 0.2) is 5.76 Å². The highest BCUT2D eigenvalue weighted by Crippen LogP contribution is 2.44. The van der Waals surface area contributed by atoms with Gasteiger partial charge in [0.2, 0.25) is 5.78 Å². The minimum absolute atomic E-state index is 0.0574. The highest BCUT2D eigenvalue weighted by Gasteiger charge is 2.46. The first-order chi connectivity index (χ1) is 13.9. The second kappa shape index (κ2) is 7.14. The number of nitrogens with zero attached hydrogens (tertiary/aromatic N) is 3. The first-order valence-electron chi connectivity index (χ1n) is 8.83. The van der Waals surface area contributed by atoms with Crippen molar-refractivity contribution in [3.63, 3.8) is 0 Å². The predicted molar refractivity (Wildman–Crippen MR) is 108 cm³/mol. The summed E-state index contributed by atoms with van der Waals surface area (Å²) >= 11 is 1.21. The van der Waals surface area contributed by atoms with Crippen LogP contribution in [-0.4, -0.2) is 31.9 Å². The molecule has 3 aromatic rings. The standard InChI is InChI=1S/C21H17N3O4S/c1-11-20(29-12(2)23-11)18(26)16-17(13-6-5-9-22-10-13)24(21(28)19(16)27)14-7-3-4-8-15(14)25/h3-10,17,25,27H,1-2H3. The number of aryl methyl sites for hydroxylation is 2. The number of Topliss-reactive ketones (excluding diaryl/α,β-unsaturated/α-hetero) is 1. The number of carbonyl (C=O) groups is 2. The first-order valence-corrected chi connectivity index (χ1v) is 9.65. The van der Waals surface area contributed by atoms with E-state index in [1.807, 2.05) is 0 Å². The Morgan fingerprint density at radius 1 is 1.14 bits per heavy atom. The van der Waals surface area contributed by atoms with Crippen molar-refractivity contribution in [2.45, 2.75) is 19.9 Å². The molecule has 0 saturated carbocycles. The number of anilines is 1. The van der Waals surface area contributed by atoms with E-state index in [2.05, 4.69) is 9.97 Å². The normalized spacial score (nSPS) is 16.6. The summed E-state index contributed by atoms with van der Waals surface area (Å²) in [6.45, 7) is 3.50. The topological polar surface area (TPSA) is 104 Å². The molecule has 1 unspecified atom stereocenters. The molecule has 29 heavy (non-hydrogen) atoms. The lowest BCUT2D eigenvalue weighted by Gasteiger charge is -2.27. The van der Waals surface area contributed by atoms with Crippen LogP contribution in [0.5, 0.6) is 5.75 Å². The number of rotatable bonds is 4. The predicted octanol–water partition coefficient (Wildman–Crippen LogP) is 3.64. The Labute approximate surface area is 170 Å². The zero-order valence-corrected chi connectivity index (χ0v) is 16.5. The van der Waals surface area contributed by atoms with Gasteiger partial charge >= 0.3 is 0 Å². The Morgan fingerprint density at radius 2 is 1.90 bits per heavy atom. The molecule has 2 aromatic heterocycles. The molecule has 1 aliphatic rings. The lowest BCUT2D eigenvalue weighted by atomic mass is 9.96. The molecule has 0 radical (unpaired) electrons. The summed E-state index contributed by atoms with van der Waals surface area (Å²) in [6.07, 6.45) is 3.11. The number of hydrogen-bond acceptors (Lipinski definition) is 7. The van der Waals surface area contributed by atoms with Gasteiger partial charge in [-0.1, -0.05) is 18.2 Å². The summed E-state index contributed by atoms with van der Waals surface area (Å²) in [4.78, 5) is 36.3. The number of pyridine rings is 1. The van der Waals surface area contributed by atoms with Crippen LogP contribution in [0, 0.1) is 13.8 Å². The Morgan fingerprint density at radius 3 is 2.52 bits per heavy atom. The molecule has 0 bridgehead atoms. The van der Waals surface area contributed by atoms with Gasteiger partial charge in [-0.05, 0) is 37.6 Å². The average Bonchev–Trinajstić information content (AvgIpc) is 3.18. The van der Waals surface area contributed by atoms with Gasteiger partial charge in [-0.3, -0.25) is 19.5 Å². The summed E-state index contributed by atoms with van der Waals surface area (Å²) in [5.41, 5.74) is 1.21. The van der Waals surface area contributed by atoms with E-state index in [1.165, 1.54) is 28.5 Å². The molecule has 2 N–H and O–H groups in total. The molecule has 1 aliphatic heterocycles. The summed E-state index contributed by atoms with van der Waals surface area (Å²) in [5.74, 6) is -2.01. The minimum Gasteiger partial charge on any atom is -0.506 e. The molecule has 3 heterocycles. The molecule has 8 heteroatoms. The molecule has 7 nitrogen and oxygen atoms in total. The number of thiazole rings is 1. The van der Waals surface area contributed by atoms with Crippen molar-refractivity contribution in [2.24, 2.45) is 0 Å². The Balaban J connectivity index is 1.91. The average molecular weight is 407 g/mol. The summed E-state index contributed by atoms with van der Waals surface area (Å²) in [6, 6.07) is 8.75. The number of aliphatic hydroxyl groups excluding tert-OH is 1. The molecular formula is C21H17N3O4S. The van der Waals surface area contributed by atoms with Crippen molar-refractivity contribution in [1.29, 1.82) is 0 Å². The minimum atomic E-state index is -0.932. The number of benzene rings is 1. The van der Waals surface area contributed by atoms with Crippen LogP contribution < -0.4 is 4.90 Å². The van der Waals surface area contributed by atoms with Crippen LogP contribution in [0.1, 0.15) is 32.0 Å². The molecule has 146 valence electrons. The van der Waals surface area contributed by atoms with E-state index in [0.717, 1.165) is 0 Å². The fourth-order valence-corrected chi connectivity index (χ4v) is 4.34. The van der Waals surface area contributed by atoms with Gasteiger partial charge < -0.3 is 10.2 Å². The largest absolute Gasteiger partial charge is 0.506 e. The Hall–Kier alpha value is -3.52. The van der Waals surface area contributed by atoms with Gasteiger partial charge in [0, 0.05) is 12.4 Å². The van der Waals surface area contributed by atoms with Crippen LogP contribution in [-0.2, 0) is 4.79 Å². The van der Waals surface area contributed by atoms with E-state index in [4.69, 9.17) is 0 Å². The SMILES string of the molecule is Cc1nc(C)c(C(=O)C2=C(O)C(=O)N(c3ccccc3O)C2c2cccnc2)s1. The van der Waals surface area contributed by atoms with Crippen LogP contribution >= 0.6 is 11.3 Å². The molecule has 1 amide bonds. The summed E-state index contributed by atoms with van der Waals surface area (Å²) < 4.78 is 0. The van der Waals surface area contributed by atoms with Crippen LogP contribution in [0.15, 0.2) is 60.1 Å². The van der Waals surface area contributed by atoms with Crippen molar-refractivity contribution in [2.75, 3.05) is 4.90 Å². The summed E-state index contributed by atoms with van der Waals surface area (Å²) in [5, 5.41) is 21.7.